The molecule has 3 aromatic rings. The van der Waals surface area contributed by atoms with Crippen LogP contribution in [0.15, 0.2) is 54.9 Å². The number of aryl methyl sites for hydroxylation is 1. The molecule has 2 aromatic carbocycles. The Hall–Kier alpha value is -2.13. The molecule has 0 saturated carbocycles. The molecule has 0 saturated heterocycles. The number of fused-ring (bicyclic) bond motifs is 1. The Bertz CT molecular complexity index is 715. The van der Waals surface area contributed by atoms with Crippen LogP contribution in [0, 0.1) is 0 Å². The Morgan fingerprint density at radius 3 is 2.60 bits per heavy atom. The van der Waals surface area contributed by atoms with Gasteiger partial charge in [0.25, 0.3) is 0 Å². The molecule has 0 amide bonds. The van der Waals surface area contributed by atoms with Crippen LogP contribution in [0.5, 0.6) is 0 Å². The van der Waals surface area contributed by atoms with Crippen LogP contribution < -0.4 is 5.32 Å². The van der Waals surface area contributed by atoms with E-state index in [9.17, 15) is 0 Å². The summed E-state index contributed by atoms with van der Waals surface area (Å²) in [5.74, 6) is 0. The first-order valence-corrected chi connectivity index (χ1v) is 6.98. The number of benzene rings is 2. The fourth-order valence-electron chi connectivity index (χ4n) is 2.61. The lowest BCUT2D eigenvalue weighted by atomic mass is 9.98. The summed E-state index contributed by atoms with van der Waals surface area (Å²) in [7, 11) is 1.95. The molecular weight excluding hydrogens is 246 g/mol. The van der Waals surface area contributed by atoms with E-state index in [1.807, 2.05) is 17.9 Å². The summed E-state index contributed by atoms with van der Waals surface area (Å²) in [6, 6.07) is 15.3. The van der Waals surface area contributed by atoms with Gasteiger partial charge in [-0.1, -0.05) is 43.3 Å². The molecule has 0 aliphatic carbocycles. The Balaban J connectivity index is 2.04. The van der Waals surface area contributed by atoms with E-state index in [-0.39, 0.29) is 6.04 Å². The van der Waals surface area contributed by atoms with Gasteiger partial charge in [-0.05, 0) is 28.9 Å². The fraction of sp³-hybridized carbons (Fsp3) is 0.235. The van der Waals surface area contributed by atoms with E-state index in [1.165, 1.54) is 21.9 Å². The summed E-state index contributed by atoms with van der Waals surface area (Å²) in [4.78, 5) is 0. The third kappa shape index (κ3) is 2.45. The monoisotopic (exact) mass is 265 g/mol. The molecule has 1 N–H and O–H groups in total. The lowest BCUT2D eigenvalue weighted by molar-refractivity contribution is 0.630. The molecule has 0 radical (unpaired) electrons. The highest BCUT2D eigenvalue weighted by Crippen LogP contribution is 2.25. The number of hydrogen-bond acceptors (Lipinski definition) is 2. The summed E-state index contributed by atoms with van der Waals surface area (Å²) in [5, 5.41) is 10.4. The van der Waals surface area contributed by atoms with Crippen molar-refractivity contribution in [3.8, 4) is 0 Å². The molecule has 3 nitrogen and oxygen atoms in total. The standard InChI is InChI=1S/C17H19N3/c1-3-18-17(16-11-19-20(2)12-16)15-9-8-13-6-4-5-7-14(13)10-15/h4-12,17-18H,3H2,1-2H3. The first kappa shape index (κ1) is 12.9. The van der Waals surface area contributed by atoms with Gasteiger partial charge in [0.15, 0.2) is 0 Å². The van der Waals surface area contributed by atoms with E-state index in [0.717, 1.165) is 6.54 Å². The Morgan fingerprint density at radius 2 is 1.90 bits per heavy atom. The highest BCUT2D eigenvalue weighted by molar-refractivity contribution is 5.83. The number of nitrogens with zero attached hydrogens (tertiary/aromatic N) is 2. The average molecular weight is 265 g/mol. The second kappa shape index (κ2) is 5.47. The summed E-state index contributed by atoms with van der Waals surface area (Å²) in [6.45, 7) is 3.05. The molecule has 1 unspecified atom stereocenters. The Kier molecular flexibility index (Phi) is 3.52. The van der Waals surface area contributed by atoms with Gasteiger partial charge in [-0.2, -0.15) is 5.10 Å². The number of aromatic nitrogens is 2. The minimum atomic E-state index is 0.193. The van der Waals surface area contributed by atoms with Crippen LogP contribution in [0.4, 0.5) is 0 Å². The van der Waals surface area contributed by atoms with Crippen molar-refractivity contribution < 1.29 is 0 Å². The summed E-state index contributed by atoms with van der Waals surface area (Å²) in [5.41, 5.74) is 2.48. The fourth-order valence-corrected chi connectivity index (χ4v) is 2.61. The van der Waals surface area contributed by atoms with Crippen LogP contribution in [0.1, 0.15) is 24.1 Å². The Labute approximate surface area is 119 Å². The predicted octanol–water partition coefficient (Wildman–Crippen LogP) is 3.27. The molecule has 0 fully saturated rings. The smallest absolute Gasteiger partial charge is 0.0608 e. The maximum Gasteiger partial charge on any atom is 0.0608 e. The van der Waals surface area contributed by atoms with Gasteiger partial charge in [0.1, 0.15) is 0 Å². The van der Waals surface area contributed by atoms with Gasteiger partial charge in [-0.25, -0.2) is 0 Å². The molecule has 3 rings (SSSR count). The van der Waals surface area contributed by atoms with Crippen molar-refractivity contribution in [3.63, 3.8) is 0 Å². The normalized spacial score (nSPS) is 12.7. The van der Waals surface area contributed by atoms with Gasteiger partial charge in [-0.15, -0.1) is 0 Å². The van der Waals surface area contributed by atoms with Crippen LogP contribution in [0.2, 0.25) is 0 Å². The highest BCUT2D eigenvalue weighted by Gasteiger charge is 2.14. The molecule has 0 aliphatic heterocycles. The first-order valence-electron chi connectivity index (χ1n) is 6.98. The van der Waals surface area contributed by atoms with E-state index in [4.69, 9.17) is 0 Å². The van der Waals surface area contributed by atoms with Crippen LogP contribution in [-0.4, -0.2) is 16.3 Å². The highest BCUT2D eigenvalue weighted by atomic mass is 15.2. The molecule has 1 aromatic heterocycles. The van der Waals surface area contributed by atoms with Crippen molar-refractivity contribution in [3.05, 3.63) is 66.0 Å². The van der Waals surface area contributed by atoms with Crippen molar-refractivity contribution in [1.29, 1.82) is 0 Å². The van der Waals surface area contributed by atoms with Crippen LogP contribution in [0.25, 0.3) is 10.8 Å². The number of nitrogens with one attached hydrogen (secondary N) is 1. The van der Waals surface area contributed by atoms with Gasteiger partial charge in [0.2, 0.25) is 0 Å². The van der Waals surface area contributed by atoms with Gasteiger partial charge < -0.3 is 5.32 Å². The largest absolute Gasteiger partial charge is 0.306 e. The lowest BCUT2D eigenvalue weighted by Gasteiger charge is -2.17. The topological polar surface area (TPSA) is 29.9 Å². The minimum absolute atomic E-state index is 0.193. The third-order valence-corrected chi connectivity index (χ3v) is 3.57. The molecule has 0 bridgehead atoms. The van der Waals surface area contributed by atoms with E-state index >= 15 is 0 Å². The minimum Gasteiger partial charge on any atom is -0.306 e. The van der Waals surface area contributed by atoms with Crippen LogP contribution in [-0.2, 0) is 7.05 Å². The zero-order valence-electron chi connectivity index (χ0n) is 11.9. The molecule has 1 heterocycles. The SMILES string of the molecule is CCNC(c1ccc2ccccc2c1)c1cnn(C)c1. The summed E-state index contributed by atoms with van der Waals surface area (Å²) in [6.07, 6.45) is 4.00. The van der Waals surface area contributed by atoms with Crippen molar-refractivity contribution in [2.24, 2.45) is 7.05 Å². The average Bonchev–Trinajstić information content (AvgIpc) is 2.90. The maximum absolute atomic E-state index is 4.28. The van der Waals surface area contributed by atoms with Crippen LogP contribution >= 0.6 is 0 Å². The molecule has 0 aliphatic rings. The number of hydrogen-bond donors (Lipinski definition) is 1. The zero-order chi connectivity index (χ0) is 13.9. The summed E-state index contributed by atoms with van der Waals surface area (Å²) < 4.78 is 1.85. The molecule has 20 heavy (non-hydrogen) atoms. The molecule has 1 atom stereocenters. The van der Waals surface area contributed by atoms with Crippen molar-refractivity contribution >= 4 is 10.8 Å². The molecule has 3 heteroatoms. The van der Waals surface area contributed by atoms with Gasteiger partial charge >= 0.3 is 0 Å². The number of rotatable bonds is 4. The van der Waals surface area contributed by atoms with Gasteiger partial charge in [0, 0.05) is 18.8 Å². The molecular formula is C17H19N3. The zero-order valence-corrected chi connectivity index (χ0v) is 11.9. The maximum atomic E-state index is 4.28. The van der Waals surface area contributed by atoms with Crippen LogP contribution in [0.3, 0.4) is 0 Å². The third-order valence-electron chi connectivity index (χ3n) is 3.57. The first-order chi connectivity index (χ1) is 9.78. The van der Waals surface area contributed by atoms with E-state index in [0.29, 0.717) is 0 Å². The van der Waals surface area contributed by atoms with Gasteiger partial charge in [-0.3, -0.25) is 4.68 Å². The van der Waals surface area contributed by atoms with Crippen molar-refractivity contribution in [2.45, 2.75) is 13.0 Å². The van der Waals surface area contributed by atoms with E-state index in [2.05, 4.69) is 66.0 Å². The van der Waals surface area contributed by atoms with E-state index < -0.39 is 0 Å². The molecule has 102 valence electrons. The second-order valence-corrected chi connectivity index (χ2v) is 5.04. The van der Waals surface area contributed by atoms with Crippen molar-refractivity contribution in [1.82, 2.24) is 15.1 Å². The summed E-state index contributed by atoms with van der Waals surface area (Å²) >= 11 is 0. The predicted molar refractivity (Wildman–Crippen MR) is 82.7 cm³/mol. The van der Waals surface area contributed by atoms with Crippen molar-refractivity contribution in [2.75, 3.05) is 6.54 Å². The second-order valence-electron chi connectivity index (χ2n) is 5.04. The Morgan fingerprint density at radius 1 is 1.10 bits per heavy atom. The van der Waals surface area contributed by atoms with Gasteiger partial charge in [0.05, 0.1) is 12.2 Å². The molecule has 0 spiro atoms. The van der Waals surface area contributed by atoms with E-state index in [1.54, 1.807) is 0 Å². The quantitative estimate of drug-likeness (QED) is 0.784. The lowest BCUT2D eigenvalue weighted by Crippen LogP contribution is -2.21.